The zero-order chi connectivity index (χ0) is 5.70. The molecule has 0 radical (unpaired) electrons. The van der Waals surface area contributed by atoms with Gasteiger partial charge >= 0.3 is 55.9 Å². The number of rotatable bonds is 3. The third kappa shape index (κ3) is 4.48. The molecule has 0 N–H and O–H groups in total. The minimum atomic E-state index is 0.980. The molecular formula is C6H13Zn. The predicted molar refractivity (Wildman–Crippen MR) is 28.9 cm³/mol. The molecule has 0 aromatic carbocycles. The molecule has 0 aliphatic rings. The van der Waals surface area contributed by atoms with Crippen LogP contribution in [0.3, 0.4) is 0 Å². The summed E-state index contributed by atoms with van der Waals surface area (Å²) in [6.45, 7) is 4.59. The van der Waals surface area contributed by atoms with E-state index in [1.54, 1.807) is 0 Å². The van der Waals surface area contributed by atoms with E-state index in [2.05, 4.69) is 13.8 Å². The van der Waals surface area contributed by atoms with Crippen LogP contribution in [-0.4, -0.2) is 0 Å². The molecule has 39 valence electrons. The Balaban J connectivity index is 2.83. The van der Waals surface area contributed by atoms with E-state index < -0.39 is 0 Å². The molecule has 0 heterocycles. The molecule has 1 unspecified atom stereocenters. The van der Waals surface area contributed by atoms with Gasteiger partial charge in [0.2, 0.25) is 0 Å². The van der Waals surface area contributed by atoms with Crippen LogP contribution in [0.1, 0.15) is 26.7 Å². The summed E-state index contributed by atoms with van der Waals surface area (Å²) >= 11 is 1.48. The summed E-state index contributed by atoms with van der Waals surface area (Å²) in [6.07, 6.45) is 2.82. The van der Waals surface area contributed by atoms with E-state index >= 15 is 0 Å². The van der Waals surface area contributed by atoms with Gasteiger partial charge < -0.3 is 0 Å². The second-order valence-electron chi connectivity index (χ2n) is 2.16. The second-order valence-corrected chi connectivity index (χ2v) is 3.64. The van der Waals surface area contributed by atoms with Gasteiger partial charge in [-0.2, -0.15) is 0 Å². The SMILES string of the molecule is CCC(C)C[CH2][Zn]. The Morgan fingerprint density at radius 1 is 1.57 bits per heavy atom. The van der Waals surface area contributed by atoms with Crippen LogP contribution in [-0.2, 0) is 18.3 Å². The molecule has 0 amide bonds. The van der Waals surface area contributed by atoms with E-state index in [4.69, 9.17) is 0 Å². The van der Waals surface area contributed by atoms with Gasteiger partial charge in [0.1, 0.15) is 0 Å². The Hall–Kier alpha value is 0.623. The van der Waals surface area contributed by atoms with Gasteiger partial charge in [-0.05, 0) is 0 Å². The molecule has 0 bridgehead atoms. The van der Waals surface area contributed by atoms with Crippen LogP contribution in [0.15, 0.2) is 0 Å². The molecule has 0 fully saturated rings. The van der Waals surface area contributed by atoms with Gasteiger partial charge in [0.05, 0.1) is 0 Å². The van der Waals surface area contributed by atoms with E-state index in [-0.39, 0.29) is 0 Å². The average Bonchev–Trinajstić information content (AvgIpc) is 1.68. The van der Waals surface area contributed by atoms with Crippen LogP contribution in [0, 0.1) is 5.92 Å². The van der Waals surface area contributed by atoms with Crippen LogP contribution in [0.2, 0.25) is 5.02 Å². The van der Waals surface area contributed by atoms with Crippen molar-refractivity contribution in [1.29, 1.82) is 0 Å². The molecule has 0 nitrogen and oxygen atoms in total. The van der Waals surface area contributed by atoms with Gasteiger partial charge in [0.15, 0.2) is 0 Å². The van der Waals surface area contributed by atoms with Gasteiger partial charge in [-0.15, -0.1) is 0 Å². The fourth-order valence-electron chi connectivity index (χ4n) is 0.553. The van der Waals surface area contributed by atoms with Crippen molar-refractivity contribution >= 4 is 0 Å². The van der Waals surface area contributed by atoms with Crippen molar-refractivity contribution in [1.82, 2.24) is 0 Å². The standard InChI is InChI=1S/C6H13.Zn/c1-4-6(3)5-2;/h6H,1,4-5H2,2-3H3;. The topological polar surface area (TPSA) is 0 Å². The van der Waals surface area contributed by atoms with E-state index in [0.29, 0.717) is 0 Å². The van der Waals surface area contributed by atoms with E-state index in [1.807, 2.05) is 0 Å². The first-order valence-electron chi connectivity index (χ1n) is 3.10. The third-order valence-electron chi connectivity index (χ3n) is 1.39. The fraction of sp³-hybridized carbons (Fsp3) is 1.00. The molecule has 0 aromatic rings. The first-order valence-corrected chi connectivity index (χ1v) is 5.20. The van der Waals surface area contributed by atoms with Crippen molar-refractivity contribution in [2.24, 2.45) is 5.92 Å². The van der Waals surface area contributed by atoms with Crippen molar-refractivity contribution in [3.8, 4) is 0 Å². The monoisotopic (exact) mass is 149 g/mol. The van der Waals surface area contributed by atoms with Crippen LogP contribution in [0.5, 0.6) is 0 Å². The molecule has 0 aliphatic heterocycles. The van der Waals surface area contributed by atoms with Crippen LogP contribution in [0.25, 0.3) is 0 Å². The van der Waals surface area contributed by atoms with Gasteiger partial charge in [-0.25, -0.2) is 0 Å². The molecule has 0 spiro atoms. The Labute approximate surface area is 56.4 Å². The van der Waals surface area contributed by atoms with Crippen molar-refractivity contribution < 1.29 is 18.3 Å². The summed E-state index contributed by atoms with van der Waals surface area (Å²) in [7, 11) is 0. The molecule has 0 rings (SSSR count). The Morgan fingerprint density at radius 3 is 2.29 bits per heavy atom. The predicted octanol–water partition coefficient (Wildman–Crippen LogP) is 2.39. The zero-order valence-corrected chi connectivity index (χ0v) is 8.37. The van der Waals surface area contributed by atoms with Gasteiger partial charge in [-0.3, -0.25) is 0 Å². The zero-order valence-electron chi connectivity index (χ0n) is 5.41. The molecule has 0 saturated heterocycles. The quantitative estimate of drug-likeness (QED) is 0.542. The molecule has 0 aliphatic carbocycles. The summed E-state index contributed by atoms with van der Waals surface area (Å²) < 4.78 is 0. The second kappa shape index (κ2) is 4.77. The van der Waals surface area contributed by atoms with Crippen molar-refractivity contribution in [2.75, 3.05) is 0 Å². The number of hydrogen-bond acceptors (Lipinski definition) is 0. The Kier molecular flexibility index (Phi) is 5.20. The fourth-order valence-corrected chi connectivity index (χ4v) is 2.01. The normalized spacial score (nSPS) is 14.3. The Morgan fingerprint density at radius 2 is 2.14 bits per heavy atom. The van der Waals surface area contributed by atoms with E-state index in [1.165, 1.54) is 36.2 Å². The van der Waals surface area contributed by atoms with Gasteiger partial charge in [0, 0.05) is 0 Å². The van der Waals surface area contributed by atoms with Crippen molar-refractivity contribution in [2.45, 2.75) is 31.7 Å². The van der Waals surface area contributed by atoms with Crippen molar-refractivity contribution in [3.63, 3.8) is 0 Å². The Bertz CT molecular complexity index is 35.2. The summed E-state index contributed by atoms with van der Waals surface area (Å²) in [5.41, 5.74) is 0. The van der Waals surface area contributed by atoms with Gasteiger partial charge in [0.25, 0.3) is 0 Å². The summed E-state index contributed by atoms with van der Waals surface area (Å²) in [5.74, 6) is 0.980. The average molecular weight is 151 g/mol. The third-order valence-corrected chi connectivity index (χ3v) is 2.25. The minimum absolute atomic E-state index is 0.980. The molecule has 7 heavy (non-hydrogen) atoms. The molecule has 1 atom stereocenters. The molecular weight excluding hydrogens is 137 g/mol. The molecule has 1 heteroatoms. The first kappa shape index (κ1) is 7.62. The summed E-state index contributed by atoms with van der Waals surface area (Å²) in [5, 5.41) is 1.47. The maximum absolute atomic E-state index is 2.33. The van der Waals surface area contributed by atoms with E-state index in [9.17, 15) is 0 Å². The van der Waals surface area contributed by atoms with E-state index in [0.717, 1.165) is 5.92 Å². The summed E-state index contributed by atoms with van der Waals surface area (Å²) in [4.78, 5) is 0. The number of hydrogen-bond donors (Lipinski definition) is 0. The summed E-state index contributed by atoms with van der Waals surface area (Å²) in [6, 6.07) is 0. The van der Waals surface area contributed by atoms with Crippen LogP contribution in [0.4, 0.5) is 0 Å². The molecule has 0 saturated carbocycles. The van der Waals surface area contributed by atoms with Crippen LogP contribution < -0.4 is 0 Å². The van der Waals surface area contributed by atoms with Crippen molar-refractivity contribution in [3.05, 3.63) is 0 Å². The first-order chi connectivity index (χ1) is 3.31. The maximum atomic E-state index is 2.33. The van der Waals surface area contributed by atoms with Crippen LogP contribution >= 0.6 is 0 Å². The van der Waals surface area contributed by atoms with Gasteiger partial charge in [-0.1, -0.05) is 0 Å². The molecule has 0 aromatic heterocycles.